The van der Waals surface area contributed by atoms with Crippen LogP contribution in [0.15, 0.2) is 77.0 Å². The van der Waals surface area contributed by atoms with E-state index in [4.69, 9.17) is 4.74 Å². The Bertz CT molecular complexity index is 1080. The van der Waals surface area contributed by atoms with Gasteiger partial charge in [0.15, 0.2) is 0 Å². The molecule has 3 aromatic rings. The molecule has 1 fully saturated rings. The molecule has 3 aromatic carbocycles. The van der Waals surface area contributed by atoms with Crippen molar-refractivity contribution in [2.24, 2.45) is 10.2 Å². The summed E-state index contributed by atoms with van der Waals surface area (Å²) in [4.78, 5) is 14.1. The van der Waals surface area contributed by atoms with Crippen LogP contribution in [0.5, 0.6) is 17.2 Å². The minimum Gasteiger partial charge on any atom is -0.508 e. The van der Waals surface area contributed by atoms with Gasteiger partial charge in [-0.15, -0.1) is 11.8 Å². The maximum absolute atomic E-state index is 12.5. The van der Waals surface area contributed by atoms with Crippen LogP contribution in [0.1, 0.15) is 10.9 Å². The first kappa shape index (κ1) is 19.8. The highest BCUT2D eigenvalue weighted by atomic mass is 32.2. The van der Waals surface area contributed by atoms with Crippen LogP contribution in [-0.2, 0) is 4.79 Å². The number of carbonyl (C=O) groups is 1. The first-order chi connectivity index (χ1) is 14.5. The molecule has 1 saturated heterocycles. The quantitative estimate of drug-likeness (QED) is 0.545. The highest BCUT2D eigenvalue weighted by molar-refractivity contribution is 8.00. The number of thioether (sulfide) groups is 1. The third kappa shape index (κ3) is 4.08. The number of ether oxygens (including phenoxy) is 1. The van der Waals surface area contributed by atoms with Gasteiger partial charge in [-0.1, -0.05) is 0 Å². The van der Waals surface area contributed by atoms with E-state index in [1.54, 1.807) is 66.6 Å². The normalized spacial score (nSPS) is 16.4. The Labute approximate surface area is 177 Å². The second kappa shape index (κ2) is 8.46. The van der Waals surface area contributed by atoms with E-state index in [1.165, 1.54) is 23.9 Å². The molecular formula is C22H19N3O4S. The Morgan fingerprint density at radius 2 is 1.63 bits per heavy atom. The molecule has 1 aliphatic heterocycles. The molecule has 0 radical (unpaired) electrons. The van der Waals surface area contributed by atoms with E-state index < -0.39 is 5.37 Å². The number of hydrogen-bond acceptors (Lipinski definition) is 7. The summed E-state index contributed by atoms with van der Waals surface area (Å²) < 4.78 is 5.13. The predicted octanol–water partition coefficient (Wildman–Crippen LogP) is 5.30. The second-order valence-corrected chi connectivity index (χ2v) is 7.65. The lowest BCUT2D eigenvalue weighted by Crippen LogP contribution is -2.27. The maximum Gasteiger partial charge on any atom is 0.238 e. The summed E-state index contributed by atoms with van der Waals surface area (Å²) in [5.74, 6) is 1.16. The van der Waals surface area contributed by atoms with Gasteiger partial charge in [0.1, 0.15) is 22.6 Å². The molecule has 30 heavy (non-hydrogen) atoms. The van der Waals surface area contributed by atoms with Crippen molar-refractivity contribution in [3.63, 3.8) is 0 Å². The largest absolute Gasteiger partial charge is 0.508 e. The van der Waals surface area contributed by atoms with Crippen molar-refractivity contribution in [2.75, 3.05) is 17.8 Å². The number of nitrogens with zero attached hydrogens (tertiary/aromatic N) is 3. The monoisotopic (exact) mass is 421 g/mol. The average Bonchev–Trinajstić information content (AvgIpc) is 3.15. The van der Waals surface area contributed by atoms with Gasteiger partial charge in [-0.3, -0.25) is 9.69 Å². The molecule has 152 valence electrons. The zero-order valence-corrected chi connectivity index (χ0v) is 16.9. The SMILES string of the molecule is COc1ccc(N=Nc2ccc(O)c(C3SCC(=O)N3c3ccc(O)cc3)c2)cc1. The smallest absolute Gasteiger partial charge is 0.238 e. The molecule has 0 bridgehead atoms. The van der Waals surface area contributed by atoms with Crippen LogP contribution in [0.4, 0.5) is 17.1 Å². The van der Waals surface area contributed by atoms with Gasteiger partial charge in [-0.25, -0.2) is 0 Å². The van der Waals surface area contributed by atoms with E-state index in [-0.39, 0.29) is 17.4 Å². The minimum absolute atomic E-state index is 0.0691. The van der Waals surface area contributed by atoms with Crippen molar-refractivity contribution in [1.82, 2.24) is 0 Å². The van der Waals surface area contributed by atoms with E-state index in [0.717, 1.165) is 5.75 Å². The molecule has 0 spiro atoms. The number of azo groups is 1. The van der Waals surface area contributed by atoms with Crippen molar-refractivity contribution >= 4 is 34.7 Å². The Hall–Kier alpha value is -3.52. The molecule has 8 heteroatoms. The lowest BCUT2D eigenvalue weighted by atomic mass is 10.1. The van der Waals surface area contributed by atoms with Crippen molar-refractivity contribution in [1.29, 1.82) is 0 Å². The van der Waals surface area contributed by atoms with Crippen LogP contribution in [0.2, 0.25) is 0 Å². The van der Waals surface area contributed by atoms with Gasteiger partial charge in [0.05, 0.1) is 24.2 Å². The first-order valence-corrected chi connectivity index (χ1v) is 10.2. The molecule has 0 aromatic heterocycles. The van der Waals surface area contributed by atoms with Gasteiger partial charge in [0, 0.05) is 11.3 Å². The Morgan fingerprint density at radius 1 is 0.967 bits per heavy atom. The minimum atomic E-state index is -0.404. The van der Waals surface area contributed by atoms with Crippen LogP contribution in [-0.4, -0.2) is 29.0 Å². The van der Waals surface area contributed by atoms with Gasteiger partial charge in [-0.05, 0) is 66.7 Å². The van der Waals surface area contributed by atoms with Crippen LogP contribution in [0.3, 0.4) is 0 Å². The lowest BCUT2D eigenvalue weighted by molar-refractivity contribution is -0.115. The van der Waals surface area contributed by atoms with E-state index >= 15 is 0 Å². The molecule has 1 amide bonds. The zero-order chi connectivity index (χ0) is 21.1. The van der Waals surface area contributed by atoms with Gasteiger partial charge in [0.25, 0.3) is 0 Å². The lowest BCUT2D eigenvalue weighted by Gasteiger charge is -2.25. The molecule has 1 aliphatic rings. The van der Waals surface area contributed by atoms with Gasteiger partial charge >= 0.3 is 0 Å². The number of aromatic hydroxyl groups is 2. The summed E-state index contributed by atoms with van der Waals surface area (Å²) >= 11 is 1.42. The maximum atomic E-state index is 12.5. The fourth-order valence-corrected chi connectivity index (χ4v) is 4.31. The summed E-state index contributed by atoms with van der Waals surface area (Å²) in [5.41, 5.74) is 2.45. The van der Waals surface area contributed by atoms with Crippen molar-refractivity contribution in [2.45, 2.75) is 5.37 Å². The molecule has 1 unspecified atom stereocenters. The van der Waals surface area contributed by atoms with E-state index in [0.29, 0.717) is 28.4 Å². The topological polar surface area (TPSA) is 94.7 Å². The van der Waals surface area contributed by atoms with Crippen molar-refractivity contribution in [3.05, 3.63) is 72.3 Å². The average molecular weight is 421 g/mol. The summed E-state index contributed by atoms with van der Waals surface area (Å²) in [6.45, 7) is 0. The number of amides is 1. The number of hydrogen-bond donors (Lipinski definition) is 2. The number of anilines is 1. The van der Waals surface area contributed by atoms with Gasteiger partial charge < -0.3 is 14.9 Å². The molecule has 0 saturated carbocycles. The summed E-state index contributed by atoms with van der Waals surface area (Å²) in [5, 5.41) is 28.1. The fourth-order valence-electron chi connectivity index (χ4n) is 3.11. The number of methoxy groups -OCH3 is 1. The highest BCUT2D eigenvalue weighted by Crippen LogP contribution is 2.45. The zero-order valence-electron chi connectivity index (χ0n) is 16.1. The van der Waals surface area contributed by atoms with Gasteiger partial charge in [0.2, 0.25) is 5.91 Å². The number of carbonyl (C=O) groups excluding carboxylic acids is 1. The molecule has 1 atom stereocenters. The number of phenols is 2. The van der Waals surface area contributed by atoms with Crippen molar-refractivity contribution in [3.8, 4) is 17.2 Å². The van der Waals surface area contributed by atoms with Gasteiger partial charge in [-0.2, -0.15) is 10.2 Å². The van der Waals surface area contributed by atoms with Crippen LogP contribution in [0, 0.1) is 0 Å². The number of rotatable bonds is 5. The predicted molar refractivity (Wildman–Crippen MR) is 116 cm³/mol. The number of benzene rings is 3. The molecular weight excluding hydrogens is 402 g/mol. The Kier molecular flexibility index (Phi) is 5.58. The molecule has 7 nitrogen and oxygen atoms in total. The molecule has 4 rings (SSSR count). The standard InChI is InChI=1S/C22H19N3O4S/c1-29-18-9-2-14(3-10-18)23-24-15-4-11-20(27)19(12-15)22-25(21(28)13-30-22)16-5-7-17(26)8-6-16/h2-12,22,26-27H,13H2,1H3. The first-order valence-electron chi connectivity index (χ1n) is 9.16. The third-order valence-electron chi connectivity index (χ3n) is 4.63. The van der Waals surface area contributed by atoms with E-state index in [9.17, 15) is 15.0 Å². The summed E-state index contributed by atoms with van der Waals surface area (Å²) in [7, 11) is 1.60. The Morgan fingerprint density at radius 3 is 2.33 bits per heavy atom. The van der Waals surface area contributed by atoms with Crippen LogP contribution in [0.25, 0.3) is 0 Å². The third-order valence-corrected chi connectivity index (χ3v) is 5.82. The highest BCUT2D eigenvalue weighted by Gasteiger charge is 2.35. The van der Waals surface area contributed by atoms with Crippen LogP contribution < -0.4 is 9.64 Å². The van der Waals surface area contributed by atoms with Crippen LogP contribution >= 0.6 is 11.8 Å². The molecule has 1 heterocycles. The van der Waals surface area contributed by atoms with Crippen molar-refractivity contribution < 1.29 is 19.7 Å². The van der Waals surface area contributed by atoms with E-state index in [1.807, 2.05) is 0 Å². The second-order valence-electron chi connectivity index (χ2n) is 6.58. The fraction of sp³-hybridized carbons (Fsp3) is 0.136. The Balaban J connectivity index is 1.62. The summed E-state index contributed by atoms with van der Waals surface area (Å²) in [6, 6.07) is 18.5. The molecule has 0 aliphatic carbocycles. The van der Waals surface area contributed by atoms with E-state index in [2.05, 4.69) is 10.2 Å². The number of phenolic OH excluding ortho intramolecular Hbond substituents is 2. The molecule has 2 N–H and O–H groups in total. The summed E-state index contributed by atoms with van der Waals surface area (Å²) in [6.07, 6.45) is 0.